The number of hydrogen-bond donors (Lipinski definition) is 3. The van der Waals surface area contributed by atoms with Crippen LogP contribution < -0.4 is 5.14 Å². The van der Waals surface area contributed by atoms with Crippen molar-refractivity contribution in [2.45, 2.75) is 4.90 Å². The molecule has 0 fully saturated rings. The van der Waals surface area contributed by atoms with Crippen LogP contribution in [0.25, 0.3) is 10.8 Å². The Morgan fingerprint density at radius 3 is 2.31 bits per heavy atom. The van der Waals surface area contributed by atoms with E-state index in [-0.39, 0.29) is 21.8 Å². The fourth-order valence-corrected chi connectivity index (χ4v) is 2.27. The molecule has 0 unspecified atom stereocenters. The molecule has 6 heteroatoms. The number of phenolic OH excluding ortho intramolecular Hbond substituents is 2. The molecule has 2 rings (SSSR count). The van der Waals surface area contributed by atoms with Gasteiger partial charge in [-0.3, -0.25) is 0 Å². The standard InChI is InChI=1S/C10H9NO4S/c11-16(14,15)10-3-1-2-6-4-8(12)9(13)5-7(6)10/h1-5,12-13H,(H2,11,14,15). The van der Waals surface area contributed by atoms with E-state index < -0.39 is 10.0 Å². The topological polar surface area (TPSA) is 101 Å². The van der Waals surface area contributed by atoms with Gasteiger partial charge in [-0.15, -0.1) is 0 Å². The van der Waals surface area contributed by atoms with Crippen LogP contribution >= 0.6 is 0 Å². The Morgan fingerprint density at radius 2 is 1.69 bits per heavy atom. The first-order valence-corrected chi connectivity index (χ1v) is 5.92. The summed E-state index contributed by atoms with van der Waals surface area (Å²) in [4.78, 5) is -0.0831. The maximum atomic E-state index is 11.3. The van der Waals surface area contributed by atoms with Crippen LogP contribution in [-0.2, 0) is 10.0 Å². The Labute approximate surface area is 91.8 Å². The predicted molar refractivity (Wildman–Crippen MR) is 58.7 cm³/mol. The van der Waals surface area contributed by atoms with Gasteiger partial charge in [0.25, 0.3) is 0 Å². The van der Waals surface area contributed by atoms with E-state index in [1.54, 1.807) is 6.07 Å². The minimum Gasteiger partial charge on any atom is -0.504 e. The first kappa shape index (κ1) is 10.7. The molecule has 0 aromatic heterocycles. The second-order valence-corrected chi connectivity index (χ2v) is 4.89. The summed E-state index contributed by atoms with van der Waals surface area (Å²) < 4.78 is 22.6. The largest absolute Gasteiger partial charge is 0.504 e. The average molecular weight is 239 g/mol. The molecule has 0 saturated carbocycles. The molecule has 0 heterocycles. The second kappa shape index (κ2) is 3.36. The molecule has 0 radical (unpaired) electrons. The Hall–Kier alpha value is -1.79. The Balaban J connectivity index is 2.93. The van der Waals surface area contributed by atoms with Crippen LogP contribution in [0.3, 0.4) is 0 Å². The van der Waals surface area contributed by atoms with Crippen molar-refractivity contribution >= 4 is 20.8 Å². The number of benzene rings is 2. The third-order valence-corrected chi connectivity index (χ3v) is 3.21. The number of primary sulfonamides is 1. The van der Waals surface area contributed by atoms with E-state index in [4.69, 9.17) is 5.14 Å². The Kier molecular flexibility index (Phi) is 2.25. The van der Waals surface area contributed by atoms with E-state index >= 15 is 0 Å². The van der Waals surface area contributed by atoms with E-state index in [0.717, 1.165) is 0 Å². The molecule has 0 aliphatic heterocycles. The molecule has 0 saturated heterocycles. The van der Waals surface area contributed by atoms with Crippen LogP contribution in [0.5, 0.6) is 11.5 Å². The van der Waals surface area contributed by atoms with Crippen molar-refractivity contribution in [2.75, 3.05) is 0 Å². The van der Waals surface area contributed by atoms with E-state index in [0.29, 0.717) is 5.39 Å². The smallest absolute Gasteiger partial charge is 0.238 e. The van der Waals surface area contributed by atoms with Crippen molar-refractivity contribution in [3.63, 3.8) is 0 Å². The van der Waals surface area contributed by atoms with Crippen molar-refractivity contribution in [3.05, 3.63) is 30.3 Å². The van der Waals surface area contributed by atoms with Crippen LogP contribution in [0.15, 0.2) is 35.2 Å². The van der Waals surface area contributed by atoms with Gasteiger partial charge in [-0.25, -0.2) is 13.6 Å². The molecule has 84 valence electrons. The number of sulfonamides is 1. The van der Waals surface area contributed by atoms with Gasteiger partial charge in [0.1, 0.15) is 0 Å². The van der Waals surface area contributed by atoms with Gasteiger partial charge in [0.05, 0.1) is 4.90 Å². The Morgan fingerprint density at radius 1 is 1.06 bits per heavy atom. The third kappa shape index (κ3) is 1.68. The maximum Gasteiger partial charge on any atom is 0.238 e. The van der Waals surface area contributed by atoms with E-state index in [2.05, 4.69) is 0 Å². The molecular weight excluding hydrogens is 230 g/mol. The van der Waals surface area contributed by atoms with Crippen molar-refractivity contribution in [3.8, 4) is 11.5 Å². The number of phenols is 2. The number of aromatic hydroxyl groups is 2. The molecule has 4 N–H and O–H groups in total. The minimum atomic E-state index is -3.85. The Bertz CT molecular complexity index is 664. The summed E-state index contributed by atoms with van der Waals surface area (Å²) in [7, 11) is -3.85. The van der Waals surface area contributed by atoms with Crippen LogP contribution in [0, 0.1) is 0 Å². The average Bonchev–Trinajstić information content (AvgIpc) is 2.17. The summed E-state index contributed by atoms with van der Waals surface area (Å²) in [6.07, 6.45) is 0. The van der Waals surface area contributed by atoms with Gasteiger partial charge in [0.2, 0.25) is 10.0 Å². The molecule has 0 aliphatic carbocycles. The molecular formula is C10H9NO4S. The molecule has 0 aliphatic rings. The fraction of sp³-hybridized carbons (Fsp3) is 0. The first-order chi connectivity index (χ1) is 7.39. The molecule has 5 nitrogen and oxygen atoms in total. The monoisotopic (exact) mass is 239 g/mol. The van der Waals surface area contributed by atoms with Gasteiger partial charge in [-0.05, 0) is 23.6 Å². The van der Waals surface area contributed by atoms with Gasteiger partial charge in [0.15, 0.2) is 11.5 Å². The lowest BCUT2D eigenvalue weighted by atomic mass is 10.1. The van der Waals surface area contributed by atoms with Crippen LogP contribution in [-0.4, -0.2) is 18.6 Å². The fourth-order valence-electron chi connectivity index (χ4n) is 1.52. The highest BCUT2D eigenvalue weighted by molar-refractivity contribution is 7.89. The van der Waals surface area contributed by atoms with Gasteiger partial charge in [-0.1, -0.05) is 12.1 Å². The van der Waals surface area contributed by atoms with Gasteiger partial charge < -0.3 is 10.2 Å². The van der Waals surface area contributed by atoms with E-state index in [9.17, 15) is 18.6 Å². The quantitative estimate of drug-likeness (QED) is 0.643. The highest BCUT2D eigenvalue weighted by atomic mass is 32.2. The predicted octanol–water partition coefficient (Wildman–Crippen LogP) is 0.898. The van der Waals surface area contributed by atoms with E-state index in [1.165, 1.54) is 24.3 Å². The third-order valence-electron chi connectivity index (χ3n) is 2.24. The van der Waals surface area contributed by atoms with E-state index in [1.807, 2.05) is 0 Å². The molecule has 16 heavy (non-hydrogen) atoms. The zero-order valence-electron chi connectivity index (χ0n) is 8.08. The van der Waals surface area contributed by atoms with Gasteiger partial charge in [0, 0.05) is 5.39 Å². The molecule has 0 amide bonds. The molecule has 0 spiro atoms. The van der Waals surface area contributed by atoms with Gasteiger partial charge >= 0.3 is 0 Å². The first-order valence-electron chi connectivity index (χ1n) is 4.37. The van der Waals surface area contributed by atoms with Crippen LogP contribution in [0.1, 0.15) is 0 Å². The number of fused-ring (bicyclic) bond motifs is 1. The number of hydrogen-bond acceptors (Lipinski definition) is 4. The molecule has 2 aromatic rings. The van der Waals surface area contributed by atoms with Gasteiger partial charge in [-0.2, -0.15) is 0 Å². The highest BCUT2D eigenvalue weighted by Crippen LogP contribution is 2.32. The lowest BCUT2D eigenvalue weighted by molar-refractivity contribution is 0.405. The number of nitrogens with two attached hydrogens (primary N) is 1. The maximum absolute atomic E-state index is 11.3. The van der Waals surface area contributed by atoms with Crippen LogP contribution in [0.2, 0.25) is 0 Å². The summed E-state index contributed by atoms with van der Waals surface area (Å²) in [5, 5.41) is 24.4. The second-order valence-electron chi connectivity index (χ2n) is 3.36. The minimum absolute atomic E-state index is 0.0831. The number of rotatable bonds is 1. The highest BCUT2D eigenvalue weighted by Gasteiger charge is 2.13. The SMILES string of the molecule is NS(=O)(=O)c1cccc2cc(O)c(O)cc12. The summed E-state index contributed by atoms with van der Waals surface area (Å²) in [6.45, 7) is 0. The van der Waals surface area contributed by atoms with Crippen molar-refractivity contribution in [2.24, 2.45) is 5.14 Å². The summed E-state index contributed by atoms with van der Waals surface area (Å²) in [5.74, 6) is -0.692. The van der Waals surface area contributed by atoms with Crippen molar-refractivity contribution < 1.29 is 18.6 Å². The van der Waals surface area contributed by atoms with Crippen molar-refractivity contribution in [1.29, 1.82) is 0 Å². The molecule has 0 atom stereocenters. The van der Waals surface area contributed by atoms with Crippen molar-refractivity contribution in [1.82, 2.24) is 0 Å². The summed E-state index contributed by atoms with van der Waals surface area (Å²) in [5.41, 5.74) is 0. The lowest BCUT2D eigenvalue weighted by Gasteiger charge is -2.06. The molecule has 0 bridgehead atoms. The zero-order chi connectivity index (χ0) is 11.9. The summed E-state index contributed by atoms with van der Waals surface area (Å²) in [6, 6.07) is 6.92. The summed E-state index contributed by atoms with van der Waals surface area (Å²) >= 11 is 0. The lowest BCUT2D eigenvalue weighted by Crippen LogP contribution is -2.12. The normalized spacial score (nSPS) is 11.8. The van der Waals surface area contributed by atoms with Crippen LogP contribution in [0.4, 0.5) is 0 Å². The zero-order valence-corrected chi connectivity index (χ0v) is 8.90. The molecule has 2 aromatic carbocycles.